The number of rotatable bonds is 3. The molecular weight excluding hydrogens is 426 g/mol. The summed E-state index contributed by atoms with van der Waals surface area (Å²) in [6.07, 6.45) is 4.09. The largest absolute Gasteiger partial charge is 0.345 e. The molecule has 1 aromatic heterocycles. The minimum absolute atomic E-state index is 0.294. The van der Waals surface area contributed by atoms with Crippen LogP contribution < -0.4 is 4.90 Å². The summed E-state index contributed by atoms with van der Waals surface area (Å²) in [7, 11) is 0. The number of nitrogens with zero attached hydrogens (tertiary/aromatic N) is 3. The Hall–Kier alpha value is -2.11. The molecular formula is C25H28ClN3OS. The van der Waals surface area contributed by atoms with E-state index in [2.05, 4.69) is 35.8 Å². The van der Waals surface area contributed by atoms with Crippen molar-refractivity contribution in [2.24, 2.45) is 0 Å². The molecule has 1 saturated heterocycles. The van der Waals surface area contributed by atoms with E-state index in [4.69, 9.17) is 16.6 Å². The van der Waals surface area contributed by atoms with Crippen LogP contribution in [0.2, 0.25) is 5.02 Å². The lowest BCUT2D eigenvalue weighted by molar-refractivity contribution is -0.137. The first-order valence-electron chi connectivity index (χ1n) is 11.1. The van der Waals surface area contributed by atoms with E-state index in [1.54, 1.807) is 11.3 Å². The number of thiazole rings is 1. The second kappa shape index (κ2) is 8.10. The van der Waals surface area contributed by atoms with E-state index in [0.29, 0.717) is 5.91 Å². The van der Waals surface area contributed by atoms with Crippen molar-refractivity contribution in [2.75, 3.05) is 31.1 Å². The molecule has 0 spiro atoms. The van der Waals surface area contributed by atoms with E-state index < -0.39 is 0 Å². The molecule has 0 atom stereocenters. The number of aromatic nitrogens is 1. The van der Waals surface area contributed by atoms with Crippen molar-refractivity contribution >= 4 is 44.2 Å². The zero-order valence-corrected chi connectivity index (χ0v) is 19.7. The Morgan fingerprint density at radius 3 is 2.35 bits per heavy atom. The van der Waals surface area contributed by atoms with Crippen LogP contribution in [0.3, 0.4) is 0 Å². The summed E-state index contributed by atoms with van der Waals surface area (Å²) in [6.45, 7) is 7.46. The predicted molar refractivity (Wildman–Crippen MR) is 129 cm³/mol. The number of hydrogen-bond donors (Lipinski definition) is 0. The van der Waals surface area contributed by atoms with Gasteiger partial charge < -0.3 is 9.80 Å². The van der Waals surface area contributed by atoms with E-state index in [0.717, 1.165) is 73.1 Å². The monoisotopic (exact) mass is 453 g/mol. The standard InChI is InChI=1S/C25H28ClN3OS/c1-17-5-10-21-22(18(17)2)27-24(31-21)29-15-13-28(14-16-29)23(30)25(11-3-4-12-25)19-6-8-20(26)9-7-19/h5-10H,3-4,11-16H2,1-2H3. The quantitative estimate of drug-likeness (QED) is 0.508. The molecule has 0 unspecified atom stereocenters. The van der Waals surface area contributed by atoms with E-state index in [1.165, 1.54) is 15.8 Å². The number of amides is 1. The van der Waals surface area contributed by atoms with Crippen molar-refractivity contribution in [3.8, 4) is 0 Å². The number of carbonyl (C=O) groups is 1. The second-order valence-corrected chi connectivity index (χ2v) is 10.4. The van der Waals surface area contributed by atoms with Gasteiger partial charge in [-0.25, -0.2) is 4.98 Å². The van der Waals surface area contributed by atoms with Gasteiger partial charge in [-0.1, -0.05) is 54.0 Å². The van der Waals surface area contributed by atoms with Crippen LogP contribution in [0.4, 0.5) is 5.13 Å². The van der Waals surface area contributed by atoms with Crippen molar-refractivity contribution in [3.05, 3.63) is 58.1 Å². The molecule has 2 aromatic carbocycles. The topological polar surface area (TPSA) is 36.4 Å². The number of piperazine rings is 1. The third kappa shape index (κ3) is 3.62. The molecule has 2 fully saturated rings. The average molecular weight is 454 g/mol. The van der Waals surface area contributed by atoms with Gasteiger partial charge in [0.2, 0.25) is 5.91 Å². The Bertz CT molecular complexity index is 1110. The lowest BCUT2D eigenvalue weighted by atomic mass is 9.77. The van der Waals surface area contributed by atoms with Crippen LogP contribution in [0.15, 0.2) is 36.4 Å². The normalized spacial score (nSPS) is 18.7. The highest BCUT2D eigenvalue weighted by Gasteiger charge is 2.45. The fourth-order valence-corrected chi connectivity index (χ4v) is 6.33. The Balaban J connectivity index is 1.33. The summed E-state index contributed by atoms with van der Waals surface area (Å²) < 4.78 is 1.24. The fraction of sp³-hybridized carbons (Fsp3) is 0.440. The molecule has 2 aliphatic rings. The minimum atomic E-state index is -0.378. The maximum absolute atomic E-state index is 13.7. The van der Waals surface area contributed by atoms with E-state index >= 15 is 0 Å². The van der Waals surface area contributed by atoms with Gasteiger partial charge >= 0.3 is 0 Å². The number of fused-ring (bicyclic) bond motifs is 1. The van der Waals surface area contributed by atoms with E-state index in [9.17, 15) is 4.79 Å². The summed E-state index contributed by atoms with van der Waals surface area (Å²) in [5.74, 6) is 0.294. The van der Waals surface area contributed by atoms with Crippen molar-refractivity contribution < 1.29 is 4.79 Å². The van der Waals surface area contributed by atoms with Crippen molar-refractivity contribution in [1.82, 2.24) is 9.88 Å². The molecule has 6 heteroatoms. The van der Waals surface area contributed by atoms with Crippen LogP contribution in [0.1, 0.15) is 42.4 Å². The van der Waals surface area contributed by atoms with E-state index in [-0.39, 0.29) is 5.41 Å². The van der Waals surface area contributed by atoms with Gasteiger partial charge in [-0.15, -0.1) is 0 Å². The van der Waals surface area contributed by atoms with Gasteiger partial charge in [0.05, 0.1) is 15.6 Å². The second-order valence-electron chi connectivity index (χ2n) is 8.93. The molecule has 1 saturated carbocycles. The lowest BCUT2D eigenvalue weighted by Crippen LogP contribution is -2.54. The van der Waals surface area contributed by atoms with Gasteiger partial charge in [0.25, 0.3) is 0 Å². The smallest absolute Gasteiger partial charge is 0.233 e. The molecule has 0 N–H and O–H groups in total. The van der Waals surface area contributed by atoms with Crippen molar-refractivity contribution in [3.63, 3.8) is 0 Å². The summed E-state index contributed by atoms with van der Waals surface area (Å²) in [5, 5.41) is 1.79. The molecule has 5 rings (SSSR count). The Labute approximate surface area is 192 Å². The third-order valence-corrected chi connectivity index (χ3v) is 8.51. The van der Waals surface area contributed by atoms with Crippen LogP contribution in [-0.2, 0) is 10.2 Å². The van der Waals surface area contributed by atoms with E-state index in [1.807, 2.05) is 24.3 Å². The molecule has 4 nitrogen and oxygen atoms in total. The molecule has 1 amide bonds. The molecule has 3 aromatic rings. The predicted octanol–water partition coefficient (Wildman–Crippen LogP) is 5.73. The highest BCUT2D eigenvalue weighted by Crippen LogP contribution is 2.43. The maximum Gasteiger partial charge on any atom is 0.233 e. The number of hydrogen-bond acceptors (Lipinski definition) is 4. The molecule has 1 aliphatic heterocycles. The first-order valence-corrected chi connectivity index (χ1v) is 12.3. The zero-order chi connectivity index (χ0) is 21.6. The zero-order valence-electron chi connectivity index (χ0n) is 18.2. The Morgan fingerprint density at radius 1 is 1.00 bits per heavy atom. The van der Waals surface area contributed by atoms with Gasteiger partial charge in [-0.3, -0.25) is 4.79 Å². The highest BCUT2D eigenvalue weighted by atomic mass is 35.5. The van der Waals surface area contributed by atoms with Crippen molar-refractivity contribution in [2.45, 2.75) is 44.9 Å². The van der Waals surface area contributed by atoms with Crippen LogP contribution in [0, 0.1) is 13.8 Å². The Morgan fingerprint density at radius 2 is 1.68 bits per heavy atom. The molecule has 162 valence electrons. The lowest BCUT2D eigenvalue weighted by Gasteiger charge is -2.40. The Kier molecular flexibility index (Phi) is 5.43. The number of anilines is 1. The number of aryl methyl sites for hydroxylation is 2. The number of halogens is 1. The van der Waals surface area contributed by atoms with Crippen LogP contribution in [0.5, 0.6) is 0 Å². The highest BCUT2D eigenvalue weighted by molar-refractivity contribution is 7.22. The minimum Gasteiger partial charge on any atom is -0.345 e. The first-order chi connectivity index (χ1) is 15.0. The summed E-state index contributed by atoms with van der Waals surface area (Å²) >= 11 is 7.87. The van der Waals surface area contributed by atoms with Gasteiger partial charge in [-0.2, -0.15) is 0 Å². The van der Waals surface area contributed by atoms with Gasteiger partial charge in [0.15, 0.2) is 5.13 Å². The molecule has 0 bridgehead atoms. The van der Waals surface area contributed by atoms with Gasteiger partial charge in [0.1, 0.15) is 0 Å². The SMILES string of the molecule is Cc1ccc2sc(N3CCN(C(=O)C4(c5ccc(Cl)cc5)CCCC4)CC3)nc2c1C. The summed E-state index contributed by atoms with van der Waals surface area (Å²) in [6, 6.07) is 12.3. The van der Waals surface area contributed by atoms with Gasteiger partial charge in [-0.05, 0) is 61.6 Å². The molecule has 1 aliphatic carbocycles. The third-order valence-electron chi connectivity index (χ3n) is 7.17. The average Bonchev–Trinajstić information content (AvgIpc) is 3.45. The molecule has 2 heterocycles. The first kappa shape index (κ1) is 20.8. The molecule has 0 radical (unpaired) electrons. The molecule has 31 heavy (non-hydrogen) atoms. The fourth-order valence-electron chi connectivity index (χ4n) is 5.13. The summed E-state index contributed by atoms with van der Waals surface area (Å²) in [4.78, 5) is 23.1. The maximum atomic E-state index is 13.7. The van der Waals surface area contributed by atoms with Crippen LogP contribution >= 0.6 is 22.9 Å². The summed E-state index contributed by atoms with van der Waals surface area (Å²) in [5.41, 5.74) is 4.41. The number of benzene rings is 2. The number of carbonyl (C=O) groups excluding carboxylic acids is 1. The van der Waals surface area contributed by atoms with Crippen LogP contribution in [0.25, 0.3) is 10.2 Å². The van der Waals surface area contributed by atoms with Crippen molar-refractivity contribution in [1.29, 1.82) is 0 Å². The van der Waals surface area contributed by atoms with Crippen LogP contribution in [-0.4, -0.2) is 42.0 Å². The van der Waals surface area contributed by atoms with Gasteiger partial charge in [0, 0.05) is 31.2 Å².